The summed E-state index contributed by atoms with van der Waals surface area (Å²) in [6.07, 6.45) is 2.22. The van der Waals surface area contributed by atoms with Gasteiger partial charge >= 0.3 is 0 Å². The molecule has 1 heterocycles. The molecule has 0 atom stereocenters. The van der Waals surface area contributed by atoms with Crippen LogP contribution in [0.15, 0.2) is 18.2 Å². The fourth-order valence-electron chi connectivity index (χ4n) is 2.64. The monoisotopic (exact) mass is 328 g/mol. The first-order valence-corrected chi connectivity index (χ1v) is 7.70. The van der Waals surface area contributed by atoms with Gasteiger partial charge in [-0.05, 0) is 50.0 Å². The Kier molecular flexibility index (Phi) is 5.62. The lowest BCUT2D eigenvalue weighted by Gasteiger charge is -2.30. The average molecular weight is 329 g/mol. The van der Waals surface area contributed by atoms with Crippen LogP contribution in [0.25, 0.3) is 0 Å². The minimum atomic E-state index is -0.252. The molecule has 114 valence electrons. The van der Waals surface area contributed by atoms with Gasteiger partial charge in [0.25, 0.3) is 0 Å². The molecule has 2 N–H and O–H groups in total. The summed E-state index contributed by atoms with van der Waals surface area (Å²) in [7, 11) is 0. The van der Waals surface area contributed by atoms with E-state index in [0.29, 0.717) is 34.5 Å². The van der Waals surface area contributed by atoms with Crippen LogP contribution in [-0.4, -0.2) is 36.2 Å². The molecule has 21 heavy (non-hydrogen) atoms. The number of carbonyl (C=O) groups excluding carboxylic acids is 2. The van der Waals surface area contributed by atoms with Gasteiger partial charge in [0.15, 0.2) is 5.78 Å². The van der Waals surface area contributed by atoms with Gasteiger partial charge in [-0.3, -0.25) is 14.5 Å². The van der Waals surface area contributed by atoms with E-state index in [1.54, 1.807) is 18.2 Å². The van der Waals surface area contributed by atoms with E-state index < -0.39 is 0 Å². The standard InChI is InChI=1S/C15H18Cl2N2O2/c16-11-1-2-12(13(17)8-11)14(20)9-19-5-3-10(4-6-19)7-15(18)21/h1-2,8,10H,3-7,9H2,(H2,18,21). The molecule has 1 saturated heterocycles. The number of primary amides is 1. The molecule has 0 aliphatic carbocycles. The minimum Gasteiger partial charge on any atom is -0.370 e. The third-order valence-electron chi connectivity index (χ3n) is 3.80. The van der Waals surface area contributed by atoms with Crippen LogP contribution in [-0.2, 0) is 4.79 Å². The maximum atomic E-state index is 12.3. The topological polar surface area (TPSA) is 63.4 Å². The van der Waals surface area contributed by atoms with Gasteiger partial charge in [0.05, 0.1) is 11.6 Å². The van der Waals surface area contributed by atoms with Crippen molar-refractivity contribution in [3.8, 4) is 0 Å². The molecule has 0 aromatic heterocycles. The molecule has 4 nitrogen and oxygen atoms in total. The Morgan fingerprint density at radius 1 is 1.24 bits per heavy atom. The van der Waals surface area contributed by atoms with Crippen LogP contribution in [0.1, 0.15) is 29.6 Å². The Morgan fingerprint density at radius 2 is 1.90 bits per heavy atom. The Morgan fingerprint density at radius 3 is 2.48 bits per heavy atom. The lowest BCUT2D eigenvalue weighted by molar-refractivity contribution is -0.119. The highest BCUT2D eigenvalue weighted by molar-refractivity contribution is 6.36. The first-order valence-electron chi connectivity index (χ1n) is 6.94. The van der Waals surface area contributed by atoms with Crippen molar-refractivity contribution in [2.24, 2.45) is 11.7 Å². The fourth-order valence-corrected chi connectivity index (χ4v) is 3.15. The van der Waals surface area contributed by atoms with E-state index in [4.69, 9.17) is 28.9 Å². The molecular weight excluding hydrogens is 311 g/mol. The number of piperidine rings is 1. The van der Waals surface area contributed by atoms with Crippen molar-refractivity contribution in [3.63, 3.8) is 0 Å². The van der Waals surface area contributed by atoms with E-state index >= 15 is 0 Å². The van der Waals surface area contributed by atoms with Gasteiger partial charge in [-0.15, -0.1) is 0 Å². The number of nitrogens with zero attached hydrogens (tertiary/aromatic N) is 1. The molecule has 0 radical (unpaired) electrons. The van der Waals surface area contributed by atoms with Crippen molar-refractivity contribution < 1.29 is 9.59 Å². The zero-order valence-electron chi connectivity index (χ0n) is 11.6. The summed E-state index contributed by atoms with van der Waals surface area (Å²) < 4.78 is 0. The van der Waals surface area contributed by atoms with Crippen molar-refractivity contribution in [2.45, 2.75) is 19.3 Å². The summed E-state index contributed by atoms with van der Waals surface area (Å²) in [5.74, 6) is 0.0791. The van der Waals surface area contributed by atoms with E-state index in [9.17, 15) is 9.59 Å². The molecule has 0 bridgehead atoms. The van der Waals surface area contributed by atoms with Crippen LogP contribution < -0.4 is 5.73 Å². The maximum Gasteiger partial charge on any atom is 0.217 e. The Balaban J connectivity index is 1.88. The van der Waals surface area contributed by atoms with Gasteiger partial charge in [0.1, 0.15) is 0 Å². The SMILES string of the molecule is NC(=O)CC1CCN(CC(=O)c2ccc(Cl)cc2Cl)CC1. The highest BCUT2D eigenvalue weighted by atomic mass is 35.5. The second-order valence-electron chi connectivity index (χ2n) is 5.44. The van der Waals surface area contributed by atoms with Gasteiger partial charge in [0.2, 0.25) is 5.91 Å². The van der Waals surface area contributed by atoms with Gasteiger partial charge in [0, 0.05) is 17.0 Å². The predicted molar refractivity (Wildman–Crippen MR) is 83.8 cm³/mol. The van der Waals surface area contributed by atoms with E-state index in [1.165, 1.54) is 0 Å². The predicted octanol–water partition coefficient (Wildman–Crippen LogP) is 2.76. The third kappa shape index (κ3) is 4.70. The number of rotatable bonds is 5. The van der Waals surface area contributed by atoms with Gasteiger partial charge < -0.3 is 5.73 Å². The molecule has 0 spiro atoms. The highest BCUT2D eigenvalue weighted by Crippen LogP contribution is 2.23. The number of carbonyl (C=O) groups is 2. The number of Topliss-reactive ketones (excluding diaryl/α,β-unsaturated/α-hetero) is 1. The smallest absolute Gasteiger partial charge is 0.217 e. The average Bonchev–Trinajstić information content (AvgIpc) is 2.40. The number of hydrogen-bond acceptors (Lipinski definition) is 3. The highest BCUT2D eigenvalue weighted by Gasteiger charge is 2.23. The Bertz CT molecular complexity index is 540. The van der Waals surface area contributed by atoms with Gasteiger partial charge in [-0.25, -0.2) is 0 Å². The van der Waals surface area contributed by atoms with Crippen molar-refractivity contribution in [2.75, 3.05) is 19.6 Å². The van der Waals surface area contributed by atoms with Gasteiger partial charge in [-0.2, -0.15) is 0 Å². The Hall–Kier alpha value is -1.10. The molecule has 1 aliphatic heterocycles. The van der Waals surface area contributed by atoms with Crippen LogP contribution in [0.4, 0.5) is 0 Å². The fraction of sp³-hybridized carbons (Fsp3) is 0.467. The minimum absolute atomic E-state index is 0.00924. The van der Waals surface area contributed by atoms with Crippen LogP contribution in [0.3, 0.4) is 0 Å². The van der Waals surface area contributed by atoms with E-state index in [2.05, 4.69) is 4.90 Å². The largest absolute Gasteiger partial charge is 0.370 e. The zero-order chi connectivity index (χ0) is 15.4. The summed E-state index contributed by atoms with van der Waals surface area (Å²) >= 11 is 11.9. The first kappa shape index (κ1) is 16.3. The molecule has 1 fully saturated rings. The van der Waals surface area contributed by atoms with Crippen molar-refractivity contribution >= 4 is 34.9 Å². The van der Waals surface area contributed by atoms with Crippen LogP contribution >= 0.6 is 23.2 Å². The molecule has 1 aromatic carbocycles. The van der Waals surface area contributed by atoms with Crippen molar-refractivity contribution in [3.05, 3.63) is 33.8 Å². The van der Waals surface area contributed by atoms with Crippen molar-refractivity contribution in [1.82, 2.24) is 4.90 Å². The second kappa shape index (κ2) is 7.25. The number of likely N-dealkylation sites (tertiary alicyclic amines) is 1. The molecule has 0 saturated carbocycles. The molecular formula is C15H18Cl2N2O2. The number of ketones is 1. The summed E-state index contributed by atoms with van der Waals surface area (Å²) in [6, 6.07) is 4.90. The number of halogens is 2. The summed E-state index contributed by atoms with van der Waals surface area (Å²) in [6.45, 7) is 1.94. The lowest BCUT2D eigenvalue weighted by Crippen LogP contribution is -2.38. The normalized spacial score (nSPS) is 16.9. The van der Waals surface area contributed by atoms with E-state index in [1.807, 2.05) is 0 Å². The number of hydrogen-bond donors (Lipinski definition) is 1. The molecule has 0 unspecified atom stereocenters. The molecule has 1 aliphatic rings. The summed E-state index contributed by atoms with van der Waals surface area (Å²) in [5.41, 5.74) is 5.71. The summed E-state index contributed by atoms with van der Waals surface area (Å²) in [5, 5.41) is 0.903. The molecule has 2 rings (SSSR count). The Labute approximate surface area is 134 Å². The molecule has 6 heteroatoms. The number of nitrogens with two attached hydrogens (primary N) is 1. The first-order chi connectivity index (χ1) is 9.95. The second-order valence-corrected chi connectivity index (χ2v) is 6.28. The molecule has 1 aromatic rings. The number of amides is 1. The maximum absolute atomic E-state index is 12.3. The van der Waals surface area contributed by atoms with E-state index in [-0.39, 0.29) is 11.7 Å². The van der Waals surface area contributed by atoms with Crippen molar-refractivity contribution in [1.29, 1.82) is 0 Å². The van der Waals surface area contributed by atoms with Crippen LogP contribution in [0.2, 0.25) is 10.0 Å². The summed E-state index contributed by atoms with van der Waals surface area (Å²) in [4.78, 5) is 25.3. The lowest BCUT2D eigenvalue weighted by atomic mass is 9.93. The number of benzene rings is 1. The van der Waals surface area contributed by atoms with Crippen LogP contribution in [0, 0.1) is 5.92 Å². The molecule has 1 amide bonds. The zero-order valence-corrected chi connectivity index (χ0v) is 13.2. The van der Waals surface area contributed by atoms with Crippen LogP contribution in [0.5, 0.6) is 0 Å². The quantitative estimate of drug-likeness (QED) is 0.845. The van der Waals surface area contributed by atoms with Gasteiger partial charge in [-0.1, -0.05) is 23.2 Å². The third-order valence-corrected chi connectivity index (χ3v) is 4.34. The van der Waals surface area contributed by atoms with E-state index in [0.717, 1.165) is 25.9 Å².